The zero-order chi connectivity index (χ0) is 10.9. The first-order chi connectivity index (χ1) is 7.23. The lowest BCUT2D eigenvalue weighted by Gasteiger charge is -2.18. The Labute approximate surface area is 90.7 Å². The van der Waals surface area contributed by atoms with Crippen molar-refractivity contribution in [3.8, 4) is 0 Å². The first kappa shape index (κ1) is 11.6. The summed E-state index contributed by atoms with van der Waals surface area (Å²) in [6.45, 7) is 6.44. The first-order valence-electron chi connectivity index (χ1n) is 5.61. The van der Waals surface area contributed by atoms with Gasteiger partial charge >= 0.3 is 7.75 Å². The molecule has 0 spiro atoms. The maximum Gasteiger partial charge on any atom is 0.408 e. The van der Waals surface area contributed by atoms with E-state index < -0.39 is 7.75 Å². The van der Waals surface area contributed by atoms with Gasteiger partial charge in [0.15, 0.2) is 0 Å². The molecule has 0 saturated carbocycles. The predicted molar refractivity (Wildman–Crippen MR) is 57.8 cm³/mol. The zero-order valence-corrected chi connectivity index (χ0v) is 10.2. The molecule has 2 saturated heterocycles. The van der Waals surface area contributed by atoms with Crippen LogP contribution in [0.1, 0.15) is 20.3 Å². The minimum atomic E-state index is -2.99. The minimum absolute atomic E-state index is 0.350. The van der Waals surface area contributed by atoms with E-state index in [-0.39, 0.29) is 0 Å². The molecular formula is C9H19N2O3P. The number of nitrogens with one attached hydrogen (secondary N) is 1. The van der Waals surface area contributed by atoms with Crippen LogP contribution >= 0.6 is 7.75 Å². The number of hydrogen-bond donors (Lipinski definition) is 1. The van der Waals surface area contributed by atoms with Gasteiger partial charge < -0.3 is 5.32 Å². The van der Waals surface area contributed by atoms with E-state index in [0.29, 0.717) is 25.3 Å². The molecule has 0 aromatic carbocycles. The van der Waals surface area contributed by atoms with Crippen LogP contribution in [0, 0.1) is 0 Å². The normalized spacial score (nSPS) is 34.9. The van der Waals surface area contributed by atoms with Crippen molar-refractivity contribution in [3.05, 3.63) is 0 Å². The van der Waals surface area contributed by atoms with Crippen LogP contribution in [0.3, 0.4) is 0 Å². The third-order valence-electron chi connectivity index (χ3n) is 2.87. The molecule has 2 fully saturated rings. The maximum absolute atomic E-state index is 12.4. The van der Waals surface area contributed by atoms with E-state index in [1.165, 1.54) is 0 Å². The number of hydrogen-bond acceptors (Lipinski definition) is 4. The van der Waals surface area contributed by atoms with Gasteiger partial charge in [0.1, 0.15) is 0 Å². The number of fused-ring (bicyclic) bond motifs is 1. The molecule has 0 aromatic rings. The molecule has 2 rings (SSSR count). The van der Waals surface area contributed by atoms with E-state index in [1.807, 2.05) is 18.5 Å². The molecule has 3 atom stereocenters. The van der Waals surface area contributed by atoms with E-state index >= 15 is 0 Å². The lowest BCUT2D eigenvalue weighted by molar-refractivity contribution is 0.193. The van der Waals surface area contributed by atoms with Crippen LogP contribution in [-0.2, 0) is 13.6 Å². The average Bonchev–Trinajstić information content (AvgIpc) is 2.92. The molecule has 6 heteroatoms. The summed E-state index contributed by atoms with van der Waals surface area (Å²) in [4.78, 5) is 0. The third kappa shape index (κ3) is 2.12. The van der Waals surface area contributed by atoms with Gasteiger partial charge in [0.05, 0.1) is 13.2 Å². The van der Waals surface area contributed by atoms with Gasteiger partial charge in [-0.1, -0.05) is 0 Å². The van der Waals surface area contributed by atoms with Crippen LogP contribution in [0.15, 0.2) is 0 Å². The van der Waals surface area contributed by atoms with Gasteiger partial charge in [-0.2, -0.15) is 4.67 Å². The molecule has 0 amide bonds. The zero-order valence-electron chi connectivity index (χ0n) is 9.31. The van der Waals surface area contributed by atoms with Gasteiger partial charge in [0.25, 0.3) is 0 Å². The maximum atomic E-state index is 12.4. The predicted octanol–water partition coefficient (Wildman–Crippen LogP) is 1.21. The molecule has 2 heterocycles. The minimum Gasteiger partial charge on any atom is -0.315 e. The summed E-state index contributed by atoms with van der Waals surface area (Å²) in [5.74, 6) is 0. The Morgan fingerprint density at radius 2 is 2.00 bits per heavy atom. The molecule has 0 aliphatic carbocycles. The molecule has 15 heavy (non-hydrogen) atoms. The van der Waals surface area contributed by atoms with Gasteiger partial charge in [0, 0.05) is 18.6 Å². The van der Waals surface area contributed by atoms with Crippen LogP contribution in [0.5, 0.6) is 0 Å². The summed E-state index contributed by atoms with van der Waals surface area (Å²) in [6.07, 6.45) is 1.04. The average molecular weight is 234 g/mol. The summed E-state index contributed by atoms with van der Waals surface area (Å²) in [5.41, 5.74) is 0. The fraction of sp³-hybridized carbons (Fsp3) is 1.00. The van der Waals surface area contributed by atoms with Gasteiger partial charge in [-0.3, -0.25) is 9.05 Å². The van der Waals surface area contributed by atoms with Crippen molar-refractivity contribution >= 4 is 7.75 Å². The summed E-state index contributed by atoms with van der Waals surface area (Å²) in [7, 11) is -2.99. The van der Waals surface area contributed by atoms with E-state index in [9.17, 15) is 4.57 Å². The van der Waals surface area contributed by atoms with Crippen molar-refractivity contribution in [3.63, 3.8) is 0 Å². The summed E-state index contributed by atoms with van der Waals surface area (Å²) in [5, 5.41) is 3.29. The molecule has 1 unspecified atom stereocenters. The molecule has 5 nitrogen and oxygen atoms in total. The number of piperidine rings is 1. The van der Waals surface area contributed by atoms with Crippen molar-refractivity contribution in [2.24, 2.45) is 0 Å². The summed E-state index contributed by atoms with van der Waals surface area (Å²) in [6, 6.07) is 0.748. The van der Waals surface area contributed by atoms with Crippen LogP contribution in [0.2, 0.25) is 0 Å². The number of nitrogens with zero attached hydrogens (tertiary/aromatic N) is 1. The smallest absolute Gasteiger partial charge is 0.315 e. The van der Waals surface area contributed by atoms with Crippen molar-refractivity contribution in [2.75, 3.05) is 26.3 Å². The number of rotatable bonds is 5. The monoisotopic (exact) mass is 234 g/mol. The van der Waals surface area contributed by atoms with E-state index in [4.69, 9.17) is 9.05 Å². The Morgan fingerprint density at radius 3 is 2.47 bits per heavy atom. The lowest BCUT2D eigenvalue weighted by Crippen LogP contribution is -2.28. The Morgan fingerprint density at radius 1 is 1.33 bits per heavy atom. The van der Waals surface area contributed by atoms with Crippen molar-refractivity contribution in [1.82, 2.24) is 9.99 Å². The third-order valence-corrected chi connectivity index (χ3v) is 5.20. The molecule has 1 N–H and O–H groups in total. The van der Waals surface area contributed by atoms with Crippen LogP contribution in [0.25, 0.3) is 0 Å². The largest absolute Gasteiger partial charge is 0.408 e. The SMILES string of the molecule is CCOP(=O)(OCC)N1[C@@H]2CNCC[C@@H]21. The highest BCUT2D eigenvalue weighted by atomic mass is 31.2. The quantitative estimate of drug-likeness (QED) is 0.572. The molecular weight excluding hydrogens is 215 g/mol. The summed E-state index contributed by atoms with van der Waals surface area (Å²) >= 11 is 0. The van der Waals surface area contributed by atoms with E-state index in [2.05, 4.69) is 5.32 Å². The first-order valence-corrected chi connectivity index (χ1v) is 7.11. The van der Waals surface area contributed by atoms with Crippen LogP contribution < -0.4 is 5.32 Å². The van der Waals surface area contributed by atoms with Crippen LogP contribution in [0.4, 0.5) is 0 Å². The topological polar surface area (TPSA) is 50.6 Å². The Bertz CT molecular complexity index is 252. The molecule has 88 valence electrons. The van der Waals surface area contributed by atoms with Gasteiger partial charge in [0.2, 0.25) is 0 Å². The summed E-state index contributed by atoms with van der Waals surface area (Å²) < 4.78 is 24.9. The van der Waals surface area contributed by atoms with Crippen molar-refractivity contribution < 1.29 is 13.6 Å². The lowest BCUT2D eigenvalue weighted by atomic mass is 10.2. The second kappa shape index (κ2) is 4.52. The standard InChI is InChI=1S/C9H19N2O3P/c1-3-13-15(12,14-4-2)11-8-5-6-10-7-9(8)11/h8-10H,3-7H2,1-2H3/t8-,9+,11?/m0/s1. The van der Waals surface area contributed by atoms with Gasteiger partial charge in [-0.15, -0.1) is 0 Å². The highest BCUT2D eigenvalue weighted by Crippen LogP contribution is 2.62. The molecule has 0 aromatic heterocycles. The van der Waals surface area contributed by atoms with Crippen LogP contribution in [-0.4, -0.2) is 43.1 Å². The second-order valence-electron chi connectivity index (χ2n) is 3.81. The fourth-order valence-corrected chi connectivity index (χ4v) is 4.40. The van der Waals surface area contributed by atoms with E-state index in [0.717, 1.165) is 19.5 Å². The fourth-order valence-electron chi connectivity index (χ4n) is 2.23. The molecule has 2 aliphatic heterocycles. The highest BCUT2D eigenvalue weighted by molar-refractivity contribution is 7.51. The van der Waals surface area contributed by atoms with Crippen molar-refractivity contribution in [2.45, 2.75) is 32.4 Å². The molecule has 0 bridgehead atoms. The Kier molecular flexibility index (Phi) is 3.48. The van der Waals surface area contributed by atoms with Gasteiger partial charge in [-0.25, -0.2) is 4.57 Å². The Balaban J connectivity index is 2.03. The molecule has 2 aliphatic rings. The van der Waals surface area contributed by atoms with Gasteiger partial charge in [-0.05, 0) is 26.8 Å². The Hall–Kier alpha value is 0.0700. The van der Waals surface area contributed by atoms with E-state index in [1.54, 1.807) is 0 Å². The molecule has 0 radical (unpaired) electrons. The highest BCUT2D eigenvalue weighted by Gasteiger charge is 2.59. The second-order valence-corrected chi connectivity index (χ2v) is 5.73. The van der Waals surface area contributed by atoms with Crippen molar-refractivity contribution in [1.29, 1.82) is 0 Å².